The average molecular weight is 239 g/mol. The second-order valence-corrected chi connectivity index (χ2v) is 5.06. The van der Waals surface area contributed by atoms with Crippen LogP contribution in [0.1, 0.15) is 45.4 Å². The molecule has 17 heavy (non-hydrogen) atoms. The molecule has 4 nitrogen and oxygen atoms in total. The first kappa shape index (κ1) is 13.7. The van der Waals surface area contributed by atoms with E-state index in [1.54, 1.807) is 0 Å². The maximum atomic E-state index is 11.7. The Bertz CT molecular complexity index is 317. The topological polar surface area (TPSA) is 66.4 Å². The molecular formula is C13H21NO3. The number of carbonyl (C=O) groups is 2. The van der Waals surface area contributed by atoms with Crippen LogP contribution >= 0.6 is 0 Å². The minimum absolute atomic E-state index is 0.0929. The molecule has 0 bridgehead atoms. The lowest BCUT2D eigenvalue weighted by molar-refractivity contribution is -0.154. The number of carbonyl (C=O) groups excluding carboxylic acids is 1. The van der Waals surface area contributed by atoms with Gasteiger partial charge in [-0.15, -0.1) is 0 Å². The minimum atomic E-state index is -0.836. The molecule has 4 heteroatoms. The minimum Gasteiger partial charge on any atom is -0.481 e. The number of nitrogens with one attached hydrogen (secondary N) is 1. The molecule has 1 aliphatic rings. The molecule has 0 heterocycles. The summed E-state index contributed by atoms with van der Waals surface area (Å²) < 4.78 is 0. The fourth-order valence-corrected chi connectivity index (χ4v) is 2.31. The van der Waals surface area contributed by atoms with Crippen molar-refractivity contribution in [2.45, 2.75) is 45.4 Å². The highest BCUT2D eigenvalue weighted by molar-refractivity contribution is 5.85. The van der Waals surface area contributed by atoms with Gasteiger partial charge in [0.2, 0.25) is 5.91 Å². The maximum absolute atomic E-state index is 11.7. The number of hydrogen-bond donors (Lipinski definition) is 2. The van der Waals surface area contributed by atoms with Crippen molar-refractivity contribution >= 4 is 11.9 Å². The van der Waals surface area contributed by atoms with Crippen molar-refractivity contribution in [2.24, 2.45) is 5.41 Å². The third-order valence-corrected chi connectivity index (χ3v) is 3.35. The van der Waals surface area contributed by atoms with Crippen LogP contribution in [0, 0.1) is 5.41 Å². The van der Waals surface area contributed by atoms with Gasteiger partial charge in [0.1, 0.15) is 0 Å². The smallest absolute Gasteiger partial charge is 0.310 e. The van der Waals surface area contributed by atoms with Gasteiger partial charge in [-0.1, -0.05) is 31.4 Å². The molecule has 0 atom stereocenters. The third-order valence-electron chi connectivity index (χ3n) is 3.35. The average Bonchev–Trinajstić information content (AvgIpc) is 2.27. The zero-order valence-electron chi connectivity index (χ0n) is 10.4. The highest BCUT2D eigenvalue weighted by atomic mass is 16.4. The lowest BCUT2D eigenvalue weighted by Crippen LogP contribution is -2.39. The van der Waals surface area contributed by atoms with Gasteiger partial charge in [-0.25, -0.2) is 0 Å². The first-order valence-electron chi connectivity index (χ1n) is 6.11. The predicted octanol–water partition coefficient (Wildman–Crippen LogP) is 2.10. The van der Waals surface area contributed by atoms with Crippen molar-refractivity contribution in [3.8, 4) is 0 Å². The van der Waals surface area contributed by atoms with Crippen LogP contribution in [0.4, 0.5) is 0 Å². The fraction of sp³-hybridized carbons (Fsp3) is 0.692. The van der Waals surface area contributed by atoms with Gasteiger partial charge in [0, 0.05) is 13.0 Å². The van der Waals surface area contributed by atoms with Crippen LogP contribution < -0.4 is 5.32 Å². The summed E-state index contributed by atoms with van der Waals surface area (Å²) in [6.07, 6.45) is 4.20. The third kappa shape index (κ3) is 3.88. The first-order valence-corrected chi connectivity index (χ1v) is 6.11. The lowest BCUT2D eigenvalue weighted by Gasteiger charge is -2.32. The van der Waals surface area contributed by atoms with E-state index in [-0.39, 0.29) is 12.3 Å². The Kier molecular flexibility index (Phi) is 4.73. The lowest BCUT2D eigenvalue weighted by atomic mass is 9.71. The zero-order valence-corrected chi connectivity index (χ0v) is 10.4. The summed E-state index contributed by atoms with van der Waals surface area (Å²) in [4.78, 5) is 23.1. The summed E-state index contributed by atoms with van der Waals surface area (Å²) in [5.41, 5.74) is 0.0311. The largest absolute Gasteiger partial charge is 0.481 e. The molecular weight excluding hydrogens is 218 g/mol. The molecule has 1 saturated carbocycles. The van der Waals surface area contributed by atoms with Crippen molar-refractivity contribution in [1.82, 2.24) is 5.32 Å². The van der Waals surface area contributed by atoms with Crippen molar-refractivity contribution < 1.29 is 14.7 Å². The van der Waals surface area contributed by atoms with E-state index in [1.807, 2.05) is 6.92 Å². The molecule has 0 aromatic rings. The van der Waals surface area contributed by atoms with Gasteiger partial charge in [-0.2, -0.15) is 0 Å². The number of hydrogen-bond acceptors (Lipinski definition) is 2. The summed E-state index contributed by atoms with van der Waals surface area (Å²) in [6.45, 7) is 5.95. The van der Waals surface area contributed by atoms with Crippen LogP contribution in [-0.2, 0) is 9.59 Å². The van der Waals surface area contributed by atoms with Crippen molar-refractivity contribution in [2.75, 3.05) is 6.54 Å². The Balaban J connectivity index is 2.57. The Hall–Kier alpha value is -1.32. The molecule has 0 aliphatic heterocycles. The van der Waals surface area contributed by atoms with Gasteiger partial charge in [-0.05, 0) is 19.8 Å². The molecule has 0 aromatic carbocycles. The normalized spacial score (nSPS) is 18.4. The maximum Gasteiger partial charge on any atom is 0.310 e. The summed E-state index contributed by atoms with van der Waals surface area (Å²) in [5.74, 6) is -1.01. The predicted molar refractivity (Wildman–Crippen MR) is 65.6 cm³/mol. The number of carboxylic acid groups (broad SMARTS) is 1. The van der Waals surface area contributed by atoms with Crippen LogP contribution in [0.25, 0.3) is 0 Å². The number of amides is 1. The molecule has 0 spiro atoms. The van der Waals surface area contributed by atoms with Crippen LogP contribution in [-0.4, -0.2) is 23.5 Å². The van der Waals surface area contributed by atoms with Crippen molar-refractivity contribution in [3.05, 3.63) is 12.2 Å². The molecule has 1 rings (SSSR count). The Morgan fingerprint density at radius 3 is 2.35 bits per heavy atom. The molecule has 96 valence electrons. The molecule has 2 N–H and O–H groups in total. The second-order valence-electron chi connectivity index (χ2n) is 5.06. The molecule has 1 aliphatic carbocycles. The number of aliphatic carboxylic acids is 1. The molecule has 1 amide bonds. The van der Waals surface area contributed by atoms with E-state index in [0.717, 1.165) is 24.8 Å². The summed E-state index contributed by atoms with van der Waals surface area (Å²) in [7, 11) is 0. The van der Waals surface area contributed by atoms with Gasteiger partial charge in [-0.3, -0.25) is 9.59 Å². The molecule has 1 fully saturated rings. The monoisotopic (exact) mass is 239 g/mol. The summed E-state index contributed by atoms with van der Waals surface area (Å²) in [5, 5.41) is 12.0. The van der Waals surface area contributed by atoms with Gasteiger partial charge in [0.25, 0.3) is 0 Å². The van der Waals surface area contributed by atoms with Crippen LogP contribution in [0.2, 0.25) is 0 Å². The van der Waals surface area contributed by atoms with Crippen LogP contribution in [0.5, 0.6) is 0 Å². The quantitative estimate of drug-likeness (QED) is 0.722. The van der Waals surface area contributed by atoms with Crippen LogP contribution in [0.3, 0.4) is 0 Å². The van der Waals surface area contributed by atoms with E-state index in [2.05, 4.69) is 11.9 Å². The van der Waals surface area contributed by atoms with E-state index >= 15 is 0 Å². The molecule has 0 aromatic heterocycles. The van der Waals surface area contributed by atoms with Gasteiger partial charge < -0.3 is 10.4 Å². The van der Waals surface area contributed by atoms with Gasteiger partial charge in [0.05, 0.1) is 5.41 Å². The second kappa shape index (κ2) is 5.84. The van der Waals surface area contributed by atoms with Crippen molar-refractivity contribution in [3.63, 3.8) is 0 Å². The van der Waals surface area contributed by atoms with E-state index in [1.165, 1.54) is 0 Å². The number of rotatable bonds is 5. The van der Waals surface area contributed by atoms with Gasteiger partial charge >= 0.3 is 5.97 Å². The summed E-state index contributed by atoms with van der Waals surface area (Å²) >= 11 is 0. The van der Waals surface area contributed by atoms with E-state index in [0.29, 0.717) is 19.4 Å². The highest BCUT2D eigenvalue weighted by Crippen LogP contribution is 2.39. The van der Waals surface area contributed by atoms with E-state index in [9.17, 15) is 14.7 Å². The molecule has 0 unspecified atom stereocenters. The number of carboxylic acids is 1. The molecule has 0 saturated heterocycles. The first-order chi connectivity index (χ1) is 7.96. The Morgan fingerprint density at radius 2 is 1.88 bits per heavy atom. The standard InChI is InChI=1S/C13H21NO3/c1-10(2)9-14-11(15)8-13(12(16)17)6-4-3-5-7-13/h1,3-9H2,2H3,(H,14,15)(H,16,17). The Morgan fingerprint density at radius 1 is 1.29 bits per heavy atom. The van der Waals surface area contributed by atoms with E-state index < -0.39 is 11.4 Å². The molecule has 0 radical (unpaired) electrons. The highest BCUT2D eigenvalue weighted by Gasteiger charge is 2.41. The SMILES string of the molecule is C=C(C)CNC(=O)CC1(C(=O)O)CCCCC1. The summed E-state index contributed by atoms with van der Waals surface area (Å²) in [6, 6.07) is 0. The van der Waals surface area contributed by atoms with Crippen molar-refractivity contribution in [1.29, 1.82) is 0 Å². The van der Waals surface area contributed by atoms with E-state index in [4.69, 9.17) is 0 Å². The van der Waals surface area contributed by atoms with Crippen LogP contribution in [0.15, 0.2) is 12.2 Å². The Labute approximate surface area is 102 Å². The zero-order chi connectivity index (χ0) is 12.9. The van der Waals surface area contributed by atoms with Gasteiger partial charge in [0.15, 0.2) is 0 Å². The fourth-order valence-electron chi connectivity index (χ4n) is 2.31.